The van der Waals surface area contributed by atoms with Gasteiger partial charge in [-0.3, -0.25) is 0 Å². The van der Waals surface area contributed by atoms with Crippen molar-refractivity contribution in [1.82, 2.24) is 4.98 Å². The fraction of sp³-hybridized carbons (Fsp3) is 0.786. The van der Waals surface area contributed by atoms with Gasteiger partial charge < -0.3 is 10.0 Å². The molecule has 2 aliphatic rings. The molecule has 0 saturated heterocycles. The average molecular weight is 266 g/mol. The van der Waals surface area contributed by atoms with Crippen LogP contribution in [0.25, 0.3) is 0 Å². The second-order valence-corrected chi connectivity index (χ2v) is 7.57. The molecule has 0 bridgehead atoms. The number of thiazole rings is 1. The molecule has 1 aromatic rings. The van der Waals surface area contributed by atoms with Crippen molar-refractivity contribution in [2.75, 3.05) is 11.9 Å². The lowest BCUT2D eigenvalue weighted by molar-refractivity contribution is 0.102. The Morgan fingerprint density at radius 3 is 2.72 bits per heavy atom. The smallest absolute Gasteiger partial charge is 0.185 e. The standard InChI is InChI=1S/C14H22N2OS/c1-14(2)7-10-12(11(17)8-14)18-13(15-10)16(3)9-5-4-6-9/h9,11,17H,4-8H2,1-3H3. The van der Waals surface area contributed by atoms with Gasteiger partial charge in [-0.15, -0.1) is 0 Å². The number of hydrogen-bond donors (Lipinski definition) is 1. The molecule has 0 spiro atoms. The van der Waals surface area contributed by atoms with Crippen LogP contribution in [0.5, 0.6) is 0 Å². The number of hydrogen-bond acceptors (Lipinski definition) is 4. The number of anilines is 1. The van der Waals surface area contributed by atoms with Gasteiger partial charge in [0.25, 0.3) is 0 Å². The van der Waals surface area contributed by atoms with E-state index in [4.69, 9.17) is 4.98 Å². The summed E-state index contributed by atoms with van der Waals surface area (Å²) >= 11 is 1.69. The minimum absolute atomic E-state index is 0.173. The molecule has 4 heteroatoms. The quantitative estimate of drug-likeness (QED) is 0.893. The summed E-state index contributed by atoms with van der Waals surface area (Å²) in [4.78, 5) is 8.20. The average Bonchev–Trinajstić information content (AvgIpc) is 2.56. The molecular formula is C14H22N2OS. The third-order valence-corrected chi connectivity index (χ3v) is 5.62. The van der Waals surface area contributed by atoms with Gasteiger partial charge >= 0.3 is 0 Å². The predicted octanol–water partition coefficient (Wildman–Crippen LogP) is 3.14. The minimum Gasteiger partial charge on any atom is -0.387 e. The van der Waals surface area contributed by atoms with Gasteiger partial charge in [0.2, 0.25) is 0 Å². The summed E-state index contributed by atoms with van der Waals surface area (Å²) in [6.45, 7) is 4.43. The molecule has 1 heterocycles. The molecule has 0 radical (unpaired) electrons. The van der Waals surface area contributed by atoms with Crippen molar-refractivity contribution in [3.63, 3.8) is 0 Å². The Hall–Kier alpha value is -0.610. The van der Waals surface area contributed by atoms with Crippen molar-refractivity contribution >= 4 is 16.5 Å². The van der Waals surface area contributed by atoms with E-state index in [-0.39, 0.29) is 11.5 Å². The molecule has 2 aliphatic carbocycles. The zero-order chi connectivity index (χ0) is 12.9. The summed E-state index contributed by atoms with van der Waals surface area (Å²) < 4.78 is 0. The van der Waals surface area contributed by atoms with Crippen LogP contribution in [0.2, 0.25) is 0 Å². The van der Waals surface area contributed by atoms with Gasteiger partial charge in [-0.25, -0.2) is 4.98 Å². The van der Waals surface area contributed by atoms with E-state index in [2.05, 4.69) is 25.8 Å². The van der Waals surface area contributed by atoms with Gasteiger partial charge in [0.1, 0.15) is 0 Å². The minimum atomic E-state index is -0.315. The fourth-order valence-electron chi connectivity index (χ4n) is 2.96. The molecule has 1 aromatic heterocycles. The molecule has 0 amide bonds. The lowest BCUT2D eigenvalue weighted by Crippen LogP contribution is -2.37. The molecule has 18 heavy (non-hydrogen) atoms. The van der Waals surface area contributed by atoms with Crippen molar-refractivity contribution in [3.8, 4) is 0 Å². The Bertz CT molecular complexity index is 451. The second-order valence-electron chi connectivity index (χ2n) is 6.56. The van der Waals surface area contributed by atoms with Crippen molar-refractivity contribution in [3.05, 3.63) is 10.6 Å². The van der Waals surface area contributed by atoms with Gasteiger partial charge in [-0.2, -0.15) is 0 Å². The molecular weight excluding hydrogens is 244 g/mol. The van der Waals surface area contributed by atoms with Crippen molar-refractivity contribution in [2.45, 2.75) is 58.1 Å². The van der Waals surface area contributed by atoms with Gasteiger partial charge in [-0.05, 0) is 37.5 Å². The molecule has 3 nitrogen and oxygen atoms in total. The highest BCUT2D eigenvalue weighted by molar-refractivity contribution is 7.15. The highest BCUT2D eigenvalue weighted by Gasteiger charge is 2.35. The van der Waals surface area contributed by atoms with Crippen LogP contribution in [0, 0.1) is 5.41 Å². The zero-order valence-electron chi connectivity index (χ0n) is 11.4. The van der Waals surface area contributed by atoms with Gasteiger partial charge in [0.05, 0.1) is 16.7 Å². The van der Waals surface area contributed by atoms with Crippen molar-refractivity contribution < 1.29 is 5.11 Å². The molecule has 1 unspecified atom stereocenters. The highest BCUT2D eigenvalue weighted by atomic mass is 32.1. The first-order chi connectivity index (χ1) is 8.46. The molecule has 1 fully saturated rings. The number of aromatic nitrogens is 1. The van der Waals surface area contributed by atoms with Crippen LogP contribution < -0.4 is 4.90 Å². The van der Waals surface area contributed by atoms with Crippen LogP contribution in [0.4, 0.5) is 5.13 Å². The number of nitrogens with zero attached hydrogens (tertiary/aromatic N) is 2. The van der Waals surface area contributed by atoms with Crippen LogP contribution in [0.1, 0.15) is 56.2 Å². The third kappa shape index (κ3) is 2.05. The maximum atomic E-state index is 10.3. The summed E-state index contributed by atoms with van der Waals surface area (Å²) in [5.74, 6) is 0. The molecule has 100 valence electrons. The number of fused-ring (bicyclic) bond motifs is 1. The zero-order valence-corrected chi connectivity index (χ0v) is 12.3. The maximum absolute atomic E-state index is 10.3. The SMILES string of the molecule is CN(c1nc2c(s1)C(O)CC(C)(C)C2)C1CCC1. The van der Waals surface area contributed by atoms with E-state index < -0.39 is 0 Å². The first-order valence-corrected chi connectivity index (χ1v) is 7.68. The van der Waals surface area contributed by atoms with Gasteiger partial charge in [-0.1, -0.05) is 25.2 Å². The van der Waals surface area contributed by atoms with Gasteiger partial charge in [0.15, 0.2) is 5.13 Å². The number of rotatable bonds is 2. The summed E-state index contributed by atoms with van der Waals surface area (Å²) in [6.07, 6.45) is 5.45. The number of aliphatic hydroxyl groups is 1. The van der Waals surface area contributed by atoms with Crippen LogP contribution in [0.3, 0.4) is 0 Å². The summed E-state index contributed by atoms with van der Waals surface area (Å²) in [7, 11) is 2.14. The topological polar surface area (TPSA) is 36.4 Å². The van der Waals surface area contributed by atoms with E-state index in [1.807, 2.05) is 0 Å². The third-order valence-electron chi connectivity index (χ3n) is 4.33. The normalized spacial score (nSPS) is 26.6. The molecule has 0 aromatic carbocycles. The molecule has 1 N–H and O–H groups in total. The summed E-state index contributed by atoms with van der Waals surface area (Å²) in [5.41, 5.74) is 1.30. The second kappa shape index (κ2) is 4.20. The van der Waals surface area contributed by atoms with E-state index >= 15 is 0 Å². The summed E-state index contributed by atoms with van der Waals surface area (Å²) in [5, 5.41) is 11.4. The van der Waals surface area contributed by atoms with Crippen molar-refractivity contribution in [1.29, 1.82) is 0 Å². The van der Waals surface area contributed by atoms with E-state index in [1.54, 1.807) is 11.3 Å². The molecule has 0 aliphatic heterocycles. The molecule has 3 rings (SSSR count). The largest absolute Gasteiger partial charge is 0.387 e. The van der Waals surface area contributed by atoms with E-state index in [1.165, 1.54) is 19.3 Å². The Balaban J connectivity index is 1.87. The van der Waals surface area contributed by atoms with E-state index in [0.717, 1.165) is 28.5 Å². The predicted molar refractivity (Wildman–Crippen MR) is 75.2 cm³/mol. The van der Waals surface area contributed by atoms with E-state index in [0.29, 0.717) is 6.04 Å². The summed E-state index contributed by atoms with van der Waals surface area (Å²) in [6, 6.07) is 0.669. The van der Waals surface area contributed by atoms with Crippen LogP contribution >= 0.6 is 11.3 Å². The van der Waals surface area contributed by atoms with Crippen molar-refractivity contribution in [2.24, 2.45) is 5.41 Å². The number of aliphatic hydroxyl groups excluding tert-OH is 1. The molecule has 1 atom stereocenters. The fourth-order valence-corrected chi connectivity index (χ4v) is 4.06. The maximum Gasteiger partial charge on any atom is 0.185 e. The van der Waals surface area contributed by atoms with E-state index in [9.17, 15) is 5.11 Å². The lowest BCUT2D eigenvalue weighted by atomic mass is 9.77. The first-order valence-electron chi connectivity index (χ1n) is 6.87. The Morgan fingerprint density at radius 2 is 2.11 bits per heavy atom. The Morgan fingerprint density at radius 1 is 1.39 bits per heavy atom. The monoisotopic (exact) mass is 266 g/mol. The Kier molecular flexibility index (Phi) is 2.90. The van der Waals surface area contributed by atoms with Crippen LogP contribution in [0.15, 0.2) is 0 Å². The van der Waals surface area contributed by atoms with Crippen LogP contribution in [-0.2, 0) is 6.42 Å². The Labute approximate surface area is 113 Å². The highest BCUT2D eigenvalue weighted by Crippen LogP contribution is 2.45. The first kappa shape index (κ1) is 12.4. The molecule has 1 saturated carbocycles. The lowest BCUT2D eigenvalue weighted by Gasteiger charge is -2.34. The van der Waals surface area contributed by atoms with Crippen LogP contribution in [-0.4, -0.2) is 23.2 Å². The van der Waals surface area contributed by atoms with Gasteiger partial charge in [0, 0.05) is 13.1 Å².